The zero-order chi connectivity index (χ0) is 14.8. The number of hydrogen-bond donors (Lipinski definition) is 1. The summed E-state index contributed by atoms with van der Waals surface area (Å²) in [6.45, 7) is 10.4. The van der Waals surface area contributed by atoms with Gasteiger partial charge in [0.15, 0.2) is 0 Å². The van der Waals surface area contributed by atoms with Crippen LogP contribution in [0.25, 0.3) is 0 Å². The van der Waals surface area contributed by atoms with E-state index in [2.05, 4.69) is 13.8 Å². The molecule has 1 rings (SSSR count). The molecule has 19 heavy (non-hydrogen) atoms. The first-order valence-corrected chi connectivity index (χ1v) is 9.45. The monoisotopic (exact) mass is 294 g/mol. The Labute approximate surface area is 119 Å². The molecule has 4 nitrogen and oxygen atoms in total. The Balaban J connectivity index is 0.000000555. The van der Waals surface area contributed by atoms with Gasteiger partial charge in [0.25, 0.3) is 10.1 Å². The first kappa shape index (κ1) is 18.9. The lowest BCUT2D eigenvalue weighted by molar-refractivity contribution is -0.931. The summed E-state index contributed by atoms with van der Waals surface area (Å²) in [6.07, 6.45) is 10.9. The predicted octanol–water partition coefficient (Wildman–Crippen LogP) is 3.09. The summed E-state index contributed by atoms with van der Waals surface area (Å²) >= 11 is 0. The summed E-state index contributed by atoms with van der Waals surface area (Å²) in [5.74, 6) is 0. The maximum absolute atomic E-state index is 9.19. The van der Waals surface area contributed by atoms with Crippen LogP contribution < -0.4 is 0 Å². The molecule has 5 heteroatoms. The minimum atomic E-state index is -3.67. The van der Waals surface area contributed by atoms with Crippen molar-refractivity contribution in [3.63, 3.8) is 0 Å². The van der Waals surface area contributed by atoms with Crippen molar-refractivity contribution in [2.24, 2.45) is 0 Å². The molecule has 1 aliphatic heterocycles. The van der Waals surface area contributed by atoms with Gasteiger partial charge >= 0.3 is 0 Å². The van der Waals surface area contributed by atoms with Crippen LogP contribution in [0.5, 0.6) is 0 Å². The second-order valence-corrected chi connectivity index (χ2v) is 7.15. The van der Waals surface area contributed by atoms with Crippen LogP contribution in [0.4, 0.5) is 0 Å². The fraction of sp³-hybridized carbons (Fsp3) is 1.00. The molecule has 1 saturated heterocycles. The lowest BCUT2D eigenvalue weighted by Gasteiger charge is -2.41. The summed E-state index contributed by atoms with van der Waals surface area (Å²) < 4.78 is 27.3. The zero-order valence-corrected chi connectivity index (χ0v) is 13.7. The van der Waals surface area contributed by atoms with E-state index in [-0.39, 0.29) is 0 Å². The second-order valence-electron chi connectivity index (χ2n) is 5.68. The normalized spacial score (nSPS) is 18.5. The molecule has 0 bridgehead atoms. The molecular formula is C14H32NO3S+. The molecule has 0 atom stereocenters. The van der Waals surface area contributed by atoms with Gasteiger partial charge in [-0.15, -0.1) is 0 Å². The number of unbranched alkanes of at least 4 members (excludes halogenated alkanes) is 3. The van der Waals surface area contributed by atoms with Crippen molar-refractivity contribution in [2.75, 3.05) is 32.4 Å². The van der Waals surface area contributed by atoms with Crippen LogP contribution >= 0.6 is 0 Å². The average molecular weight is 294 g/mol. The third-order valence-electron chi connectivity index (χ3n) is 3.92. The molecule has 0 radical (unpaired) electrons. The Morgan fingerprint density at radius 2 is 1.53 bits per heavy atom. The fourth-order valence-corrected chi connectivity index (χ4v) is 2.75. The molecule has 0 unspecified atom stereocenters. The van der Waals surface area contributed by atoms with Gasteiger partial charge in [-0.1, -0.05) is 19.8 Å². The van der Waals surface area contributed by atoms with Crippen LogP contribution in [0.1, 0.15) is 58.8 Å². The zero-order valence-electron chi connectivity index (χ0n) is 12.9. The Morgan fingerprint density at radius 3 is 1.95 bits per heavy atom. The van der Waals surface area contributed by atoms with E-state index in [1.807, 2.05) is 0 Å². The minimum Gasteiger partial charge on any atom is -0.324 e. The quantitative estimate of drug-likeness (QED) is 0.465. The Bertz CT molecular complexity index is 301. The van der Waals surface area contributed by atoms with Crippen molar-refractivity contribution in [3.8, 4) is 0 Å². The highest BCUT2D eigenvalue weighted by atomic mass is 32.2. The third kappa shape index (κ3) is 11.4. The number of piperidine rings is 1. The Morgan fingerprint density at radius 1 is 1.00 bits per heavy atom. The molecule has 0 aliphatic carbocycles. The summed E-state index contributed by atoms with van der Waals surface area (Å²) in [7, 11) is -3.67. The van der Waals surface area contributed by atoms with Gasteiger partial charge in [0.1, 0.15) is 0 Å². The maximum Gasteiger partial charge on any atom is 0.261 e. The SMILES string of the molecule is CCCCCC[N+]1(CC)CCCCC1.CS(=O)(=O)O. The first-order chi connectivity index (χ1) is 8.83. The van der Waals surface area contributed by atoms with Crippen LogP contribution in [-0.2, 0) is 10.1 Å². The molecule has 116 valence electrons. The summed E-state index contributed by atoms with van der Waals surface area (Å²) in [5, 5.41) is 0. The van der Waals surface area contributed by atoms with Crippen LogP contribution in [0.15, 0.2) is 0 Å². The molecule has 0 aromatic heterocycles. The molecule has 1 heterocycles. The van der Waals surface area contributed by atoms with E-state index < -0.39 is 10.1 Å². The molecule has 0 spiro atoms. The van der Waals surface area contributed by atoms with Crippen LogP contribution in [0.3, 0.4) is 0 Å². The highest BCUT2D eigenvalue weighted by Crippen LogP contribution is 2.19. The molecule has 0 amide bonds. The van der Waals surface area contributed by atoms with Gasteiger partial charge in [0.05, 0.1) is 32.4 Å². The smallest absolute Gasteiger partial charge is 0.261 e. The molecule has 0 saturated carbocycles. The van der Waals surface area contributed by atoms with Crippen molar-refractivity contribution < 1.29 is 17.5 Å². The Hall–Kier alpha value is -0.130. The average Bonchev–Trinajstić information content (AvgIpc) is 2.34. The van der Waals surface area contributed by atoms with E-state index in [0.29, 0.717) is 6.26 Å². The highest BCUT2D eigenvalue weighted by molar-refractivity contribution is 7.85. The number of likely N-dealkylation sites (tertiary alicyclic amines) is 1. The van der Waals surface area contributed by atoms with Crippen molar-refractivity contribution in [1.82, 2.24) is 0 Å². The molecule has 1 N–H and O–H groups in total. The fourth-order valence-electron chi connectivity index (χ4n) is 2.75. The Kier molecular flexibility index (Phi) is 9.66. The van der Waals surface area contributed by atoms with Gasteiger partial charge in [0.2, 0.25) is 0 Å². The summed E-state index contributed by atoms with van der Waals surface area (Å²) in [6, 6.07) is 0. The van der Waals surface area contributed by atoms with E-state index >= 15 is 0 Å². The van der Waals surface area contributed by atoms with E-state index in [9.17, 15) is 8.42 Å². The number of quaternary nitrogens is 1. The minimum absolute atomic E-state index is 0.715. The third-order valence-corrected chi connectivity index (χ3v) is 3.92. The molecule has 1 aliphatic rings. The predicted molar refractivity (Wildman–Crippen MR) is 80.9 cm³/mol. The topological polar surface area (TPSA) is 54.4 Å². The lowest BCUT2D eigenvalue weighted by Crippen LogP contribution is -2.51. The standard InChI is InChI=1S/C13H28N.CH4O3S/c1-3-5-6-8-11-14(4-2)12-9-7-10-13-14;1-5(2,3)4/h3-13H2,1-2H3;1H3,(H,2,3,4)/q+1;. The van der Waals surface area contributed by atoms with E-state index in [1.54, 1.807) is 0 Å². The van der Waals surface area contributed by atoms with Gasteiger partial charge in [-0.2, -0.15) is 8.42 Å². The summed E-state index contributed by atoms with van der Waals surface area (Å²) in [4.78, 5) is 0. The van der Waals surface area contributed by atoms with Crippen molar-refractivity contribution >= 4 is 10.1 Å². The molecular weight excluding hydrogens is 262 g/mol. The van der Waals surface area contributed by atoms with Gasteiger partial charge in [0, 0.05) is 0 Å². The van der Waals surface area contributed by atoms with E-state index in [4.69, 9.17) is 4.55 Å². The maximum atomic E-state index is 9.19. The summed E-state index contributed by atoms with van der Waals surface area (Å²) in [5.41, 5.74) is 0. The number of hydrogen-bond acceptors (Lipinski definition) is 2. The van der Waals surface area contributed by atoms with Crippen molar-refractivity contribution in [2.45, 2.75) is 58.8 Å². The van der Waals surface area contributed by atoms with Crippen LogP contribution in [0, 0.1) is 0 Å². The second kappa shape index (κ2) is 9.72. The van der Waals surface area contributed by atoms with Crippen molar-refractivity contribution in [3.05, 3.63) is 0 Å². The number of nitrogens with zero attached hydrogens (tertiary/aromatic N) is 1. The van der Waals surface area contributed by atoms with E-state index in [0.717, 1.165) is 0 Å². The lowest BCUT2D eigenvalue weighted by atomic mass is 10.1. The molecule has 0 aromatic carbocycles. The van der Waals surface area contributed by atoms with Gasteiger partial charge in [-0.05, 0) is 39.0 Å². The van der Waals surface area contributed by atoms with Crippen LogP contribution in [0.2, 0.25) is 0 Å². The molecule has 0 aromatic rings. The van der Waals surface area contributed by atoms with Crippen molar-refractivity contribution in [1.29, 1.82) is 0 Å². The van der Waals surface area contributed by atoms with Gasteiger partial charge in [-0.3, -0.25) is 4.55 Å². The van der Waals surface area contributed by atoms with Gasteiger partial charge < -0.3 is 4.48 Å². The highest BCUT2D eigenvalue weighted by Gasteiger charge is 2.26. The first-order valence-electron chi connectivity index (χ1n) is 7.60. The van der Waals surface area contributed by atoms with Crippen LogP contribution in [-0.4, -0.2) is 49.9 Å². The largest absolute Gasteiger partial charge is 0.324 e. The van der Waals surface area contributed by atoms with E-state index in [1.165, 1.54) is 75.6 Å². The number of rotatable bonds is 6. The van der Waals surface area contributed by atoms with Gasteiger partial charge in [-0.25, -0.2) is 0 Å². The molecule has 1 fully saturated rings.